The average Bonchev–Trinajstić information content (AvgIpc) is 3.07. The normalized spacial score (nSPS) is 31.6. The quantitative estimate of drug-likeness (QED) is 0.722. The molecule has 0 aromatic rings. The van der Waals surface area contributed by atoms with Crippen molar-refractivity contribution in [1.29, 1.82) is 0 Å². The molecule has 1 N–H and O–H groups in total. The zero-order valence-corrected chi connectivity index (χ0v) is 12.4. The van der Waals surface area contributed by atoms with Gasteiger partial charge in [0, 0.05) is 6.04 Å². The monoisotopic (exact) mass is 271 g/mol. The largest absolute Gasteiger partial charge is 0.465 e. The molecule has 18 heavy (non-hydrogen) atoms. The minimum absolute atomic E-state index is 0.000466. The third-order valence-corrected chi connectivity index (χ3v) is 4.81. The van der Waals surface area contributed by atoms with Crippen molar-refractivity contribution in [3.63, 3.8) is 0 Å². The van der Waals surface area contributed by atoms with Crippen LogP contribution in [0, 0.1) is 5.92 Å². The van der Waals surface area contributed by atoms with Crippen molar-refractivity contribution in [1.82, 2.24) is 5.32 Å². The van der Waals surface area contributed by atoms with Crippen molar-refractivity contribution in [3.8, 4) is 0 Å². The molecule has 2 aliphatic rings. The molecule has 2 unspecified atom stereocenters. The Kier molecular flexibility index (Phi) is 4.96. The Hall–Kier alpha value is -0.220. The molecule has 0 radical (unpaired) electrons. The van der Waals surface area contributed by atoms with Crippen LogP contribution in [0.4, 0.5) is 0 Å². The van der Waals surface area contributed by atoms with E-state index in [0.717, 1.165) is 25.0 Å². The first-order valence-corrected chi connectivity index (χ1v) is 8.56. The summed E-state index contributed by atoms with van der Waals surface area (Å²) in [7, 11) is 0. The minimum Gasteiger partial charge on any atom is -0.465 e. The Morgan fingerprint density at radius 3 is 2.83 bits per heavy atom. The molecular formula is C14H25NO2S. The van der Waals surface area contributed by atoms with Gasteiger partial charge in [-0.15, -0.1) is 0 Å². The molecular weight excluding hydrogens is 246 g/mol. The van der Waals surface area contributed by atoms with Gasteiger partial charge in [-0.1, -0.05) is 6.42 Å². The van der Waals surface area contributed by atoms with E-state index in [9.17, 15) is 4.79 Å². The van der Waals surface area contributed by atoms with Crippen LogP contribution in [-0.4, -0.2) is 36.2 Å². The van der Waals surface area contributed by atoms with E-state index in [1.54, 1.807) is 0 Å². The first kappa shape index (κ1) is 14.2. The summed E-state index contributed by atoms with van der Waals surface area (Å²) < 4.78 is 5.36. The highest BCUT2D eigenvalue weighted by atomic mass is 32.2. The molecule has 2 atom stereocenters. The Balaban J connectivity index is 2.08. The van der Waals surface area contributed by atoms with Crippen molar-refractivity contribution < 1.29 is 9.53 Å². The topological polar surface area (TPSA) is 38.3 Å². The lowest BCUT2D eigenvalue weighted by Gasteiger charge is -2.34. The summed E-state index contributed by atoms with van der Waals surface area (Å²) in [6, 6.07) is 0.560. The van der Waals surface area contributed by atoms with Gasteiger partial charge < -0.3 is 4.74 Å². The molecule has 0 bridgehead atoms. The molecule has 0 aromatic carbocycles. The second kappa shape index (κ2) is 6.29. The van der Waals surface area contributed by atoms with Crippen LogP contribution in [-0.2, 0) is 9.53 Å². The maximum atomic E-state index is 12.4. The van der Waals surface area contributed by atoms with Crippen molar-refractivity contribution in [2.75, 3.05) is 18.6 Å². The van der Waals surface area contributed by atoms with E-state index in [1.807, 2.05) is 18.7 Å². The average molecular weight is 271 g/mol. The van der Waals surface area contributed by atoms with Gasteiger partial charge in [0.05, 0.1) is 6.61 Å². The van der Waals surface area contributed by atoms with Crippen LogP contribution >= 0.6 is 11.8 Å². The Morgan fingerprint density at radius 1 is 1.44 bits per heavy atom. The standard InChI is InChI=1S/C14H25NO2S/c1-3-17-13(16)14(15-12-6-7-12)9-4-5-11(14)8-10-18-2/h11-12,15H,3-10H2,1-2H3. The third kappa shape index (κ3) is 3.02. The molecule has 2 aliphatic carbocycles. The molecule has 2 fully saturated rings. The van der Waals surface area contributed by atoms with Crippen LogP contribution in [0.1, 0.15) is 45.4 Å². The Bertz CT molecular complexity index is 294. The van der Waals surface area contributed by atoms with Gasteiger partial charge in [-0.25, -0.2) is 0 Å². The second-order valence-electron chi connectivity index (χ2n) is 5.48. The summed E-state index contributed by atoms with van der Waals surface area (Å²) >= 11 is 1.87. The maximum absolute atomic E-state index is 12.4. The van der Waals surface area contributed by atoms with E-state index in [0.29, 0.717) is 18.6 Å². The lowest BCUT2D eigenvalue weighted by molar-refractivity contribution is -0.153. The van der Waals surface area contributed by atoms with Gasteiger partial charge in [0.1, 0.15) is 5.54 Å². The van der Waals surface area contributed by atoms with Crippen molar-refractivity contribution in [2.45, 2.75) is 57.0 Å². The molecule has 0 heterocycles. The number of rotatable bonds is 7. The van der Waals surface area contributed by atoms with Crippen LogP contribution in [0.25, 0.3) is 0 Å². The zero-order chi connectivity index (χ0) is 13.0. The highest BCUT2D eigenvalue weighted by Gasteiger charge is 2.51. The van der Waals surface area contributed by atoms with E-state index in [1.165, 1.54) is 19.3 Å². The highest BCUT2D eigenvalue weighted by molar-refractivity contribution is 7.98. The van der Waals surface area contributed by atoms with Crippen LogP contribution < -0.4 is 5.32 Å². The third-order valence-electron chi connectivity index (χ3n) is 4.17. The lowest BCUT2D eigenvalue weighted by atomic mass is 9.84. The number of ether oxygens (including phenoxy) is 1. The molecule has 0 aliphatic heterocycles. The van der Waals surface area contributed by atoms with Crippen molar-refractivity contribution in [2.24, 2.45) is 5.92 Å². The molecule has 3 nitrogen and oxygen atoms in total. The van der Waals surface area contributed by atoms with Gasteiger partial charge in [0.2, 0.25) is 0 Å². The lowest BCUT2D eigenvalue weighted by Crippen LogP contribution is -2.56. The van der Waals surface area contributed by atoms with Gasteiger partial charge in [-0.3, -0.25) is 10.1 Å². The maximum Gasteiger partial charge on any atom is 0.326 e. The van der Waals surface area contributed by atoms with E-state index >= 15 is 0 Å². The van der Waals surface area contributed by atoms with E-state index in [2.05, 4.69) is 11.6 Å². The molecule has 0 spiro atoms. The van der Waals surface area contributed by atoms with Crippen LogP contribution in [0.2, 0.25) is 0 Å². The summed E-state index contributed by atoms with van der Waals surface area (Å²) in [5.41, 5.74) is -0.368. The molecule has 0 amide bonds. The number of hydrogen-bond acceptors (Lipinski definition) is 4. The summed E-state index contributed by atoms with van der Waals surface area (Å²) in [6.45, 7) is 2.39. The smallest absolute Gasteiger partial charge is 0.326 e. The van der Waals surface area contributed by atoms with Gasteiger partial charge in [-0.2, -0.15) is 11.8 Å². The summed E-state index contributed by atoms with van der Waals surface area (Å²) in [6.07, 6.45) is 8.97. The fourth-order valence-electron chi connectivity index (χ4n) is 3.10. The summed E-state index contributed by atoms with van der Waals surface area (Å²) in [4.78, 5) is 12.4. The number of carbonyl (C=O) groups excluding carboxylic acids is 1. The van der Waals surface area contributed by atoms with Gasteiger partial charge >= 0.3 is 5.97 Å². The molecule has 104 valence electrons. The van der Waals surface area contributed by atoms with Gasteiger partial charge in [0.25, 0.3) is 0 Å². The van der Waals surface area contributed by atoms with Crippen molar-refractivity contribution >= 4 is 17.7 Å². The predicted molar refractivity (Wildman–Crippen MR) is 75.9 cm³/mol. The number of carbonyl (C=O) groups is 1. The molecule has 2 rings (SSSR count). The fourth-order valence-corrected chi connectivity index (χ4v) is 3.62. The molecule has 2 saturated carbocycles. The number of hydrogen-bond donors (Lipinski definition) is 1. The Labute approximate surface area is 114 Å². The van der Waals surface area contributed by atoms with E-state index in [-0.39, 0.29) is 11.5 Å². The first-order valence-electron chi connectivity index (χ1n) is 7.16. The summed E-state index contributed by atoms with van der Waals surface area (Å²) in [5.74, 6) is 1.60. The minimum atomic E-state index is -0.368. The van der Waals surface area contributed by atoms with E-state index in [4.69, 9.17) is 4.74 Å². The highest BCUT2D eigenvalue weighted by Crippen LogP contribution is 2.41. The summed E-state index contributed by atoms with van der Waals surface area (Å²) in [5, 5.41) is 3.63. The van der Waals surface area contributed by atoms with Gasteiger partial charge in [-0.05, 0) is 57.0 Å². The fraction of sp³-hybridized carbons (Fsp3) is 0.929. The van der Waals surface area contributed by atoms with Crippen molar-refractivity contribution in [3.05, 3.63) is 0 Å². The van der Waals surface area contributed by atoms with Crippen LogP contribution in [0.15, 0.2) is 0 Å². The zero-order valence-electron chi connectivity index (χ0n) is 11.5. The molecule has 4 heteroatoms. The van der Waals surface area contributed by atoms with Crippen LogP contribution in [0.3, 0.4) is 0 Å². The number of esters is 1. The van der Waals surface area contributed by atoms with E-state index < -0.39 is 0 Å². The predicted octanol–water partition coefficient (Wildman–Crippen LogP) is 2.59. The van der Waals surface area contributed by atoms with Gasteiger partial charge in [0.15, 0.2) is 0 Å². The SMILES string of the molecule is CCOC(=O)C1(NC2CC2)CCCC1CCSC. The molecule has 0 saturated heterocycles. The van der Waals surface area contributed by atoms with Crippen LogP contribution in [0.5, 0.6) is 0 Å². The Morgan fingerprint density at radius 2 is 2.22 bits per heavy atom. The second-order valence-corrected chi connectivity index (χ2v) is 6.47. The number of thioether (sulfide) groups is 1. The number of nitrogens with one attached hydrogen (secondary N) is 1. The molecule has 0 aromatic heterocycles. The first-order chi connectivity index (χ1) is 8.73.